The number of aryl methyl sites for hydroxylation is 1. The molecule has 0 aliphatic heterocycles. The van der Waals surface area contributed by atoms with Gasteiger partial charge in [-0.25, -0.2) is 4.98 Å². The summed E-state index contributed by atoms with van der Waals surface area (Å²) in [6.45, 7) is 3.65. The van der Waals surface area contributed by atoms with E-state index in [0.717, 1.165) is 22.9 Å². The van der Waals surface area contributed by atoms with Crippen LogP contribution in [0.3, 0.4) is 0 Å². The zero-order valence-electron chi connectivity index (χ0n) is 16.9. The van der Waals surface area contributed by atoms with Gasteiger partial charge in [-0.3, -0.25) is 18.9 Å². The van der Waals surface area contributed by atoms with Crippen molar-refractivity contribution >= 4 is 22.2 Å². The van der Waals surface area contributed by atoms with Crippen molar-refractivity contribution < 1.29 is 4.79 Å². The summed E-state index contributed by atoms with van der Waals surface area (Å²) < 4.78 is 1.94. The zero-order valence-corrected chi connectivity index (χ0v) is 17.7. The van der Waals surface area contributed by atoms with E-state index in [1.54, 1.807) is 23.5 Å². The number of fused-ring (bicyclic) bond motifs is 1. The molecular weight excluding hydrogens is 398 g/mol. The molecule has 0 saturated heterocycles. The predicted octanol–water partition coefficient (Wildman–Crippen LogP) is 2.95. The summed E-state index contributed by atoms with van der Waals surface area (Å²) in [7, 11) is 1.99. The lowest BCUT2D eigenvalue weighted by molar-refractivity contribution is 0.0949. The molecule has 0 aliphatic carbocycles. The third-order valence-corrected chi connectivity index (χ3v) is 5.61. The Labute approximate surface area is 178 Å². The highest BCUT2D eigenvalue weighted by Crippen LogP contribution is 2.16. The fourth-order valence-electron chi connectivity index (χ4n) is 3.34. The lowest BCUT2D eigenvalue weighted by atomic mass is 10.2. The molecule has 4 rings (SSSR count). The van der Waals surface area contributed by atoms with Gasteiger partial charge in [-0.1, -0.05) is 30.3 Å². The van der Waals surface area contributed by atoms with E-state index in [4.69, 9.17) is 0 Å². The number of nitrogens with one attached hydrogen (secondary N) is 2. The standard InChI is InChI=1S/C22H23N5O2S/c1-15-11-27-14-18(25-22(27)30-15)10-23-20(28)19-9-8-17(24-21(19)29)13-26(2)12-16-6-4-3-5-7-16/h3-9,11,14H,10,12-13H2,1-2H3,(H,23,28)(H,24,29). The van der Waals surface area contributed by atoms with Crippen LogP contribution < -0.4 is 10.9 Å². The lowest BCUT2D eigenvalue weighted by Gasteiger charge is -2.16. The first-order valence-corrected chi connectivity index (χ1v) is 10.5. The third-order valence-electron chi connectivity index (χ3n) is 4.70. The summed E-state index contributed by atoms with van der Waals surface area (Å²) in [5.41, 5.74) is 2.43. The minimum atomic E-state index is -0.409. The first-order chi connectivity index (χ1) is 14.5. The van der Waals surface area contributed by atoms with Gasteiger partial charge >= 0.3 is 0 Å². The average Bonchev–Trinajstić information content (AvgIpc) is 3.23. The second-order valence-corrected chi connectivity index (χ2v) is 8.54. The number of imidazole rings is 1. The number of aromatic nitrogens is 3. The van der Waals surface area contributed by atoms with Crippen molar-refractivity contribution in [3.05, 3.63) is 92.6 Å². The fourth-order valence-corrected chi connectivity index (χ4v) is 4.17. The highest BCUT2D eigenvalue weighted by Gasteiger charge is 2.13. The number of H-pyrrole nitrogens is 1. The molecule has 30 heavy (non-hydrogen) atoms. The molecule has 2 N–H and O–H groups in total. The van der Waals surface area contributed by atoms with Crippen LogP contribution in [0.5, 0.6) is 0 Å². The van der Waals surface area contributed by atoms with E-state index in [1.165, 1.54) is 10.4 Å². The molecule has 0 fully saturated rings. The Bertz CT molecular complexity index is 1190. The highest BCUT2D eigenvalue weighted by atomic mass is 32.1. The molecule has 1 aromatic carbocycles. The molecule has 0 atom stereocenters. The van der Waals surface area contributed by atoms with E-state index < -0.39 is 5.91 Å². The minimum Gasteiger partial charge on any atom is -0.346 e. The summed E-state index contributed by atoms with van der Waals surface area (Å²) in [5.74, 6) is -0.409. The number of carbonyl (C=O) groups is 1. The van der Waals surface area contributed by atoms with Gasteiger partial charge in [0, 0.05) is 36.1 Å². The molecule has 8 heteroatoms. The molecule has 3 heterocycles. The van der Waals surface area contributed by atoms with Crippen molar-refractivity contribution in [2.24, 2.45) is 0 Å². The fraction of sp³-hybridized carbons (Fsp3) is 0.227. The number of rotatable bonds is 7. The third kappa shape index (κ3) is 4.67. The predicted molar refractivity (Wildman–Crippen MR) is 118 cm³/mol. The number of benzene rings is 1. The summed E-state index contributed by atoms with van der Waals surface area (Å²) in [5, 5.41) is 2.77. The topological polar surface area (TPSA) is 82.5 Å². The Balaban J connectivity index is 1.36. The van der Waals surface area contributed by atoms with E-state index in [9.17, 15) is 9.59 Å². The summed E-state index contributed by atoms with van der Waals surface area (Å²) in [4.78, 5) is 36.3. The lowest BCUT2D eigenvalue weighted by Crippen LogP contribution is -2.30. The van der Waals surface area contributed by atoms with Crippen LogP contribution in [0.15, 0.2) is 59.7 Å². The molecule has 1 amide bonds. The van der Waals surface area contributed by atoms with E-state index in [2.05, 4.69) is 32.3 Å². The molecule has 4 aromatic rings. The Morgan fingerprint density at radius 3 is 2.70 bits per heavy atom. The Kier molecular flexibility index (Phi) is 5.78. The van der Waals surface area contributed by atoms with E-state index >= 15 is 0 Å². The Morgan fingerprint density at radius 1 is 1.17 bits per heavy atom. The van der Waals surface area contributed by atoms with Crippen LogP contribution >= 0.6 is 11.3 Å². The van der Waals surface area contributed by atoms with E-state index in [1.807, 2.05) is 49.0 Å². The van der Waals surface area contributed by atoms with Crippen molar-refractivity contribution in [3.8, 4) is 0 Å². The van der Waals surface area contributed by atoms with Crippen LogP contribution in [-0.2, 0) is 19.6 Å². The highest BCUT2D eigenvalue weighted by molar-refractivity contribution is 7.16. The van der Waals surface area contributed by atoms with Gasteiger partial charge in [0.2, 0.25) is 0 Å². The van der Waals surface area contributed by atoms with Crippen LogP contribution in [0.25, 0.3) is 4.96 Å². The van der Waals surface area contributed by atoms with Gasteiger partial charge in [-0.05, 0) is 31.7 Å². The van der Waals surface area contributed by atoms with Gasteiger partial charge in [-0.2, -0.15) is 0 Å². The molecule has 154 valence electrons. The first kappa shape index (κ1) is 20.1. The Morgan fingerprint density at radius 2 is 1.97 bits per heavy atom. The summed E-state index contributed by atoms with van der Waals surface area (Å²) >= 11 is 1.59. The number of pyridine rings is 1. The number of nitrogens with zero attached hydrogens (tertiary/aromatic N) is 3. The zero-order chi connectivity index (χ0) is 21.1. The van der Waals surface area contributed by atoms with Crippen LogP contribution in [-0.4, -0.2) is 32.2 Å². The van der Waals surface area contributed by atoms with Gasteiger partial charge < -0.3 is 10.3 Å². The van der Waals surface area contributed by atoms with Crippen molar-refractivity contribution in [1.82, 2.24) is 24.6 Å². The molecular formula is C22H23N5O2S. The van der Waals surface area contributed by atoms with E-state index in [-0.39, 0.29) is 17.7 Å². The van der Waals surface area contributed by atoms with Crippen LogP contribution in [0, 0.1) is 6.92 Å². The molecule has 0 bridgehead atoms. The van der Waals surface area contributed by atoms with Gasteiger partial charge in [0.25, 0.3) is 11.5 Å². The molecule has 3 aromatic heterocycles. The molecule has 0 unspecified atom stereocenters. The quantitative estimate of drug-likeness (QED) is 0.481. The molecule has 0 spiro atoms. The van der Waals surface area contributed by atoms with Crippen LogP contribution in [0.4, 0.5) is 0 Å². The van der Waals surface area contributed by atoms with Crippen LogP contribution in [0.1, 0.15) is 32.2 Å². The average molecular weight is 422 g/mol. The smallest absolute Gasteiger partial charge is 0.261 e. The second kappa shape index (κ2) is 8.64. The number of hydrogen-bond acceptors (Lipinski definition) is 5. The van der Waals surface area contributed by atoms with Gasteiger partial charge in [0.1, 0.15) is 5.56 Å². The normalized spacial score (nSPS) is 11.3. The minimum absolute atomic E-state index is 0.0985. The Hall–Kier alpha value is -3.23. The van der Waals surface area contributed by atoms with Crippen molar-refractivity contribution in [3.63, 3.8) is 0 Å². The largest absolute Gasteiger partial charge is 0.346 e. The maximum atomic E-state index is 12.4. The van der Waals surface area contributed by atoms with E-state index in [0.29, 0.717) is 6.54 Å². The summed E-state index contributed by atoms with van der Waals surface area (Å²) in [6.07, 6.45) is 3.88. The summed E-state index contributed by atoms with van der Waals surface area (Å²) in [6, 6.07) is 13.5. The maximum absolute atomic E-state index is 12.4. The maximum Gasteiger partial charge on any atom is 0.261 e. The number of thiazole rings is 1. The monoisotopic (exact) mass is 421 g/mol. The number of carbonyl (C=O) groups excluding carboxylic acids is 1. The molecule has 0 aliphatic rings. The number of aromatic amines is 1. The number of amides is 1. The van der Waals surface area contributed by atoms with Crippen LogP contribution in [0.2, 0.25) is 0 Å². The van der Waals surface area contributed by atoms with Gasteiger partial charge in [-0.15, -0.1) is 11.3 Å². The molecule has 7 nitrogen and oxygen atoms in total. The van der Waals surface area contributed by atoms with Crippen molar-refractivity contribution in [2.75, 3.05) is 7.05 Å². The first-order valence-electron chi connectivity index (χ1n) is 9.65. The van der Waals surface area contributed by atoms with Gasteiger partial charge in [0.05, 0.1) is 12.2 Å². The van der Waals surface area contributed by atoms with Crippen molar-refractivity contribution in [2.45, 2.75) is 26.6 Å². The number of hydrogen-bond donors (Lipinski definition) is 2. The SMILES string of the molecule is Cc1cn2cc(CNC(=O)c3ccc(CN(C)Cc4ccccc4)[nH]c3=O)nc2s1. The molecule has 0 saturated carbocycles. The van der Waals surface area contributed by atoms with Gasteiger partial charge in [0.15, 0.2) is 4.96 Å². The van der Waals surface area contributed by atoms with Crippen molar-refractivity contribution in [1.29, 1.82) is 0 Å². The molecule has 0 radical (unpaired) electrons. The second-order valence-electron chi connectivity index (χ2n) is 7.33.